The predicted octanol–water partition coefficient (Wildman–Crippen LogP) is 4.55. The number of Topliss-reactive ketones (excluding diaryl/α,β-unsaturated/α-hetero) is 1. The minimum atomic E-state index is -0.0234. The van der Waals surface area contributed by atoms with Gasteiger partial charge in [-0.05, 0) is 17.4 Å². The normalized spacial score (nSPS) is 21.4. The summed E-state index contributed by atoms with van der Waals surface area (Å²) in [5.41, 5.74) is 1.44. The van der Waals surface area contributed by atoms with Crippen molar-refractivity contribution in [2.24, 2.45) is 5.41 Å². The van der Waals surface area contributed by atoms with Crippen molar-refractivity contribution in [1.29, 1.82) is 0 Å². The second kappa shape index (κ2) is 5.87. The van der Waals surface area contributed by atoms with Gasteiger partial charge in [0.15, 0.2) is 5.78 Å². The fourth-order valence-electron chi connectivity index (χ4n) is 2.19. The van der Waals surface area contributed by atoms with E-state index in [9.17, 15) is 4.79 Å². The largest absolute Gasteiger partial charge is 0.294 e. The highest BCUT2D eigenvalue weighted by Crippen LogP contribution is 2.40. The van der Waals surface area contributed by atoms with Gasteiger partial charge in [0.1, 0.15) is 0 Å². The van der Waals surface area contributed by atoms with E-state index in [1.165, 1.54) is 5.56 Å². The lowest BCUT2D eigenvalue weighted by Gasteiger charge is -2.27. The van der Waals surface area contributed by atoms with Crippen LogP contribution in [0.4, 0.5) is 0 Å². The Hall–Kier alpha value is -1.15. The molecule has 0 aromatic heterocycles. The van der Waals surface area contributed by atoms with Gasteiger partial charge in [-0.1, -0.05) is 62.5 Å². The molecule has 1 atom stereocenters. The zero-order chi connectivity index (χ0) is 13.9. The third-order valence-electron chi connectivity index (χ3n) is 3.38. The van der Waals surface area contributed by atoms with Gasteiger partial charge >= 0.3 is 0 Å². The lowest BCUT2D eigenvalue weighted by Crippen LogP contribution is -2.16. The standard InChI is InChI=1S/C17H22OS/c1-4-15(18)16-12-17(2,3)10-11-19(16)13-14-8-6-5-7-9-14/h5-9,11-12H,4,10,13H2,1-3H3. The van der Waals surface area contributed by atoms with Crippen LogP contribution in [-0.4, -0.2) is 11.2 Å². The van der Waals surface area contributed by atoms with Crippen molar-refractivity contribution < 1.29 is 4.79 Å². The number of ketones is 1. The van der Waals surface area contributed by atoms with E-state index >= 15 is 0 Å². The molecule has 2 heteroatoms. The van der Waals surface area contributed by atoms with Gasteiger partial charge in [-0.2, -0.15) is 10.5 Å². The van der Waals surface area contributed by atoms with E-state index in [0.29, 0.717) is 12.2 Å². The van der Waals surface area contributed by atoms with Crippen LogP contribution >= 0.6 is 10.5 Å². The maximum atomic E-state index is 12.2. The third kappa shape index (κ3) is 3.66. The number of allylic oxidation sites excluding steroid dienone is 2. The zero-order valence-electron chi connectivity index (χ0n) is 12.0. The van der Waals surface area contributed by atoms with Crippen LogP contribution in [0, 0.1) is 5.41 Å². The highest BCUT2D eigenvalue weighted by atomic mass is 32.2. The van der Waals surface area contributed by atoms with Crippen molar-refractivity contribution in [3.63, 3.8) is 0 Å². The quantitative estimate of drug-likeness (QED) is 0.736. The summed E-state index contributed by atoms with van der Waals surface area (Å²) >= 11 is 0. The molecule has 0 saturated heterocycles. The molecule has 19 heavy (non-hydrogen) atoms. The molecular weight excluding hydrogens is 252 g/mol. The van der Waals surface area contributed by atoms with Crippen LogP contribution in [0.15, 0.2) is 41.3 Å². The van der Waals surface area contributed by atoms with Crippen LogP contribution < -0.4 is 0 Å². The van der Waals surface area contributed by atoms with Crippen molar-refractivity contribution in [2.75, 3.05) is 0 Å². The lowest BCUT2D eigenvalue weighted by molar-refractivity contribution is -0.114. The Morgan fingerprint density at radius 1 is 1.26 bits per heavy atom. The molecule has 1 unspecified atom stereocenters. The Morgan fingerprint density at radius 3 is 2.58 bits per heavy atom. The monoisotopic (exact) mass is 274 g/mol. The zero-order valence-corrected chi connectivity index (χ0v) is 12.8. The molecule has 0 N–H and O–H groups in total. The van der Waals surface area contributed by atoms with Crippen molar-refractivity contribution in [2.45, 2.75) is 39.4 Å². The highest BCUT2D eigenvalue weighted by Gasteiger charge is 2.24. The second-order valence-electron chi connectivity index (χ2n) is 5.70. The van der Waals surface area contributed by atoms with E-state index in [0.717, 1.165) is 17.1 Å². The molecule has 0 bridgehead atoms. The van der Waals surface area contributed by atoms with Gasteiger partial charge in [0.05, 0.1) is 0 Å². The maximum absolute atomic E-state index is 12.2. The molecule has 1 aliphatic rings. The summed E-state index contributed by atoms with van der Waals surface area (Å²) in [4.78, 5) is 13.2. The number of rotatable bonds is 4. The first kappa shape index (κ1) is 14.3. The molecule has 0 saturated carbocycles. The fourth-order valence-corrected chi connectivity index (χ4v) is 4.73. The van der Waals surface area contributed by atoms with E-state index in [-0.39, 0.29) is 15.9 Å². The summed E-state index contributed by atoms with van der Waals surface area (Å²) in [5.74, 6) is 1.28. The molecule has 0 spiro atoms. The average Bonchev–Trinajstić information content (AvgIpc) is 2.41. The average molecular weight is 274 g/mol. The van der Waals surface area contributed by atoms with Crippen LogP contribution in [0.25, 0.3) is 0 Å². The van der Waals surface area contributed by atoms with Crippen LogP contribution in [0.3, 0.4) is 0 Å². The Bertz CT molecular complexity index is 523. The lowest BCUT2D eigenvalue weighted by atomic mass is 9.89. The Morgan fingerprint density at radius 2 is 1.95 bits per heavy atom. The summed E-state index contributed by atoms with van der Waals surface area (Å²) < 4.78 is 0. The summed E-state index contributed by atoms with van der Waals surface area (Å²) in [6.45, 7) is 6.36. The number of carbonyl (C=O) groups excluding carboxylic acids is 1. The maximum Gasteiger partial charge on any atom is 0.168 e. The SMILES string of the molecule is CCC(=O)C1=CC(C)(C)CC=S1Cc1ccccc1. The van der Waals surface area contributed by atoms with Crippen molar-refractivity contribution in [3.8, 4) is 0 Å². The topological polar surface area (TPSA) is 17.1 Å². The summed E-state index contributed by atoms with van der Waals surface area (Å²) in [6, 6.07) is 10.5. The molecular formula is C17H22OS. The van der Waals surface area contributed by atoms with Crippen molar-refractivity contribution >= 4 is 21.6 Å². The summed E-state index contributed by atoms with van der Waals surface area (Å²) in [5, 5.41) is 2.36. The first-order chi connectivity index (χ1) is 9.02. The smallest absolute Gasteiger partial charge is 0.168 e. The Labute approximate surface area is 118 Å². The van der Waals surface area contributed by atoms with Crippen molar-refractivity contribution in [1.82, 2.24) is 0 Å². The first-order valence-electron chi connectivity index (χ1n) is 6.85. The van der Waals surface area contributed by atoms with E-state index in [1.807, 2.05) is 13.0 Å². The predicted molar refractivity (Wildman–Crippen MR) is 85.6 cm³/mol. The van der Waals surface area contributed by atoms with Crippen molar-refractivity contribution in [3.05, 3.63) is 46.9 Å². The Kier molecular flexibility index (Phi) is 4.41. The molecule has 0 fully saturated rings. The number of benzene rings is 1. The molecule has 0 amide bonds. The first-order valence-corrected chi connectivity index (χ1v) is 8.30. The molecule has 0 radical (unpaired) electrons. The molecule has 1 aromatic rings. The molecule has 1 aromatic carbocycles. The number of hydrogen-bond donors (Lipinski definition) is 0. The van der Waals surface area contributed by atoms with Gasteiger partial charge in [0, 0.05) is 17.1 Å². The van der Waals surface area contributed by atoms with Gasteiger partial charge in [-0.3, -0.25) is 4.79 Å². The van der Waals surface area contributed by atoms with Gasteiger partial charge in [-0.25, -0.2) is 0 Å². The van der Waals surface area contributed by atoms with E-state index < -0.39 is 0 Å². The molecule has 0 aliphatic carbocycles. The van der Waals surface area contributed by atoms with Gasteiger partial charge in [0.25, 0.3) is 0 Å². The second-order valence-corrected chi connectivity index (χ2v) is 7.62. The Balaban J connectivity index is 2.27. The van der Waals surface area contributed by atoms with E-state index in [2.05, 4.69) is 49.6 Å². The molecule has 2 rings (SSSR count). The highest BCUT2D eigenvalue weighted by molar-refractivity contribution is 8.18. The number of carbonyl (C=O) groups is 1. The van der Waals surface area contributed by atoms with Gasteiger partial charge in [0.2, 0.25) is 0 Å². The molecule has 102 valence electrons. The fraction of sp³-hybridized carbons (Fsp3) is 0.412. The molecule has 1 nitrogen and oxygen atoms in total. The van der Waals surface area contributed by atoms with E-state index in [1.54, 1.807) is 0 Å². The third-order valence-corrected chi connectivity index (χ3v) is 5.50. The van der Waals surface area contributed by atoms with Crippen LogP contribution in [0.1, 0.15) is 39.2 Å². The van der Waals surface area contributed by atoms with Crippen LogP contribution in [-0.2, 0) is 10.5 Å². The minimum Gasteiger partial charge on any atom is -0.294 e. The number of hydrogen-bond acceptors (Lipinski definition) is 1. The van der Waals surface area contributed by atoms with Gasteiger partial charge in [-0.15, -0.1) is 0 Å². The minimum absolute atomic E-state index is 0.0234. The van der Waals surface area contributed by atoms with E-state index in [4.69, 9.17) is 0 Å². The van der Waals surface area contributed by atoms with Gasteiger partial charge < -0.3 is 0 Å². The van der Waals surface area contributed by atoms with Crippen LogP contribution in [0.2, 0.25) is 0 Å². The summed E-state index contributed by atoms with van der Waals surface area (Å²) in [7, 11) is -0.0234. The molecule has 1 aliphatic heterocycles. The molecule has 1 heterocycles. The van der Waals surface area contributed by atoms with Crippen LogP contribution in [0.5, 0.6) is 0 Å². The summed E-state index contributed by atoms with van der Waals surface area (Å²) in [6.07, 6.45) is 3.88.